The number of rotatable bonds is 6. The van der Waals surface area contributed by atoms with E-state index >= 15 is 0 Å². The predicted octanol–water partition coefficient (Wildman–Crippen LogP) is 1.94. The van der Waals surface area contributed by atoms with Crippen LogP contribution in [0.4, 0.5) is 0 Å². The monoisotopic (exact) mass is 352 g/mol. The Hall–Kier alpha value is -2.02. The van der Waals surface area contributed by atoms with Gasteiger partial charge in [0.05, 0.1) is 11.3 Å². The molecular formula is C17H24N2O4S. The lowest BCUT2D eigenvalue weighted by Gasteiger charge is -2.20. The Labute approximate surface area is 146 Å². The molecule has 24 heavy (non-hydrogen) atoms. The van der Waals surface area contributed by atoms with E-state index in [0.29, 0.717) is 10.5 Å². The molecule has 132 valence electrons. The van der Waals surface area contributed by atoms with Crippen molar-refractivity contribution in [2.45, 2.75) is 31.2 Å². The summed E-state index contributed by atoms with van der Waals surface area (Å²) in [5.41, 5.74) is -0.0401. The van der Waals surface area contributed by atoms with E-state index in [2.05, 4.69) is 5.32 Å². The Morgan fingerprint density at radius 2 is 1.79 bits per heavy atom. The number of benzene rings is 1. The van der Waals surface area contributed by atoms with Crippen LogP contribution in [0.1, 0.15) is 31.1 Å². The third-order valence-corrected chi connectivity index (χ3v) is 3.86. The highest BCUT2D eigenvalue weighted by molar-refractivity contribution is 8.00. The van der Waals surface area contributed by atoms with Crippen molar-refractivity contribution in [3.8, 4) is 0 Å². The van der Waals surface area contributed by atoms with Crippen LogP contribution in [0.15, 0.2) is 29.2 Å². The number of ether oxygens (including phenoxy) is 1. The van der Waals surface area contributed by atoms with Gasteiger partial charge in [0.2, 0.25) is 5.91 Å². The van der Waals surface area contributed by atoms with Crippen LogP contribution in [0, 0.1) is 0 Å². The second-order valence-electron chi connectivity index (χ2n) is 6.45. The van der Waals surface area contributed by atoms with Crippen molar-refractivity contribution in [2.24, 2.45) is 0 Å². The molecule has 1 aromatic carbocycles. The number of carbonyl (C=O) groups excluding carboxylic acids is 3. The number of amides is 2. The van der Waals surface area contributed by atoms with Gasteiger partial charge in [-0.05, 0) is 32.9 Å². The Balaban J connectivity index is 2.67. The Bertz CT molecular complexity index is 609. The van der Waals surface area contributed by atoms with Crippen LogP contribution in [-0.4, -0.2) is 54.7 Å². The molecule has 0 heterocycles. The molecule has 0 aliphatic rings. The van der Waals surface area contributed by atoms with Gasteiger partial charge in [-0.25, -0.2) is 4.79 Å². The molecule has 0 unspecified atom stereocenters. The Morgan fingerprint density at radius 1 is 1.17 bits per heavy atom. The lowest BCUT2D eigenvalue weighted by atomic mass is 10.1. The van der Waals surface area contributed by atoms with E-state index in [1.54, 1.807) is 38.4 Å². The van der Waals surface area contributed by atoms with E-state index in [1.165, 1.54) is 16.7 Å². The number of nitrogens with one attached hydrogen (secondary N) is 1. The lowest BCUT2D eigenvalue weighted by molar-refractivity contribution is -0.126. The summed E-state index contributed by atoms with van der Waals surface area (Å²) in [4.78, 5) is 37.7. The first kappa shape index (κ1) is 20.0. The molecule has 0 aliphatic heterocycles. The Kier molecular flexibility index (Phi) is 7.28. The first-order chi connectivity index (χ1) is 11.1. The second kappa shape index (κ2) is 8.73. The van der Waals surface area contributed by atoms with Gasteiger partial charge in [0, 0.05) is 24.5 Å². The topological polar surface area (TPSA) is 75.7 Å². The minimum atomic E-state index is -0.584. The van der Waals surface area contributed by atoms with Crippen molar-refractivity contribution in [1.29, 1.82) is 0 Å². The highest BCUT2D eigenvalue weighted by Crippen LogP contribution is 2.23. The SMILES string of the molecule is CN(C)C(=O)CSc1ccccc1C(=O)OCC(=O)NC(C)(C)C. The predicted molar refractivity (Wildman–Crippen MR) is 94.0 cm³/mol. The van der Waals surface area contributed by atoms with Gasteiger partial charge in [-0.3, -0.25) is 9.59 Å². The number of thioether (sulfide) groups is 1. The number of esters is 1. The highest BCUT2D eigenvalue weighted by Gasteiger charge is 2.18. The fourth-order valence-electron chi connectivity index (χ4n) is 1.69. The summed E-state index contributed by atoms with van der Waals surface area (Å²) in [5, 5.41) is 2.72. The molecule has 0 atom stereocenters. The summed E-state index contributed by atoms with van der Waals surface area (Å²) in [7, 11) is 3.35. The largest absolute Gasteiger partial charge is 0.452 e. The van der Waals surface area contributed by atoms with Gasteiger partial charge in [-0.15, -0.1) is 11.8 Å². The molecule has 7 heteroatoms. The zero-order valence-electron chi connectivity index (χ0n) is 14.7. The van der Waals surface area contributed by atoms with Gasteiger partial charge < -0.3 is 15.0 Å². The van der Waals surface area contributed by atoms with E-state index in [9.17, 15) is 14.4 Å². The summed E-state index contributed by atoms with van der Waals surface area (Å²) in [5.74, 6) is -0.766. The van der Waals surface area contributed by atoms with Crippen LogP contribution in [0.25, 0.3) is 0 Å². The van der Waals surface area contributed by atoms with Crippen LogP contribution in [0.5, 0.6) is 0 Å². The normalized spacial score (nSPS) is 10.9. The van der Waals surface area contributed by atoms with E-state index in [4.69, 9.17) is 4.74 Å². The molecule has 0 radical (unpaired) electrons. The molecule has 0 spiro atoms. The third kappa shape index (κ3) is 7.04. The van der Waals surface area contributed by atoms with Crippen molar-refractivity contribution < 1.29 is 19.1 Å². The number of hydrogen-bond acceptors (Lipinski definition) is 5. The highest BCUT2D eigenvalue weighted by atomic mass is 32.2. The average molecular weight is 352 g/mol. The summed E-state index contributed by atoms with van der Waals surface area (Å²) < 4.78 is 5.07. The number of nitrogens with zero attached hydrogens (tertiary/aromatic N) is 1. The maximum atomic E-state index is 12.2. The van der Waals surface area contributed by atoms with Crippen LogP contribution in [0.3, 0.4) is 0 Å². The second-order valence-corrected chi connectivity index (χ2v) is 7.46. The van der Waals surface area contributed by atoms with Crippen molar-refractivity contribution in [2.75, 3.05) is 26.5 Å². The molecule has 1 aromatic rings. The molecule has 6 nitrogen and oxygen atoms in total. The van der Waals surface area contributed by atoms with Gasteiger partial charge in [0.1, 0.15) is 0 Å². The summed E-state index contributed by atoms with van der Waals surface area (Å²) in [6.45, 7) is 5.20. The first-order valence-corrected chi connectivity index (χ1v) is 8.49. The van der Waals surface area contributed by atoms with E-state index < -0.39 is 5.97 Å². The molecular weight excluding hydrogens is 328 g/mol. The van der Waals surface area contributed by atoms with Crippen LogP contribution >= 0.6 is 11.8 Å². The minimum absolute atomic E-state index is 0.0484. The summed E-state index contributed by atoms with van der Waals surface area (Å²) in [6, 6.07) is 6.86. The van der Waals surface area contributed by atoms with Gasteiger partial charge in [-0.1, -0.05) is 12.1 Å². The Morgan fingerprint density at radius 3 is 2.38 bits per heavy atom. The minimum Gasteiger partial charge on any atom is -0.452 e. The zero-order chi connectivity index (χ0) is 18.3. The van der Waals surface area contributed by atoms with Gasteiger partial charge in [0.15, 0.2) is 6.61 Å². The summed E-state index contributed by atoms with van der Waals surface area (Å²) in [6.07, 6.45) is 0. The maximum Gasteiger partial charge on any atom is 0.339 e. The van der Waals surface area contributed by atoms with Gasteiger partial charge in [-0.2, -0.15) is 0 Å². The standard InChI is InChI=1S/C17H24N2O4S/c1-17(2,3)18-14(20)10-23-16(22)12-8-6-7-9-13(12)24-11-15(21)19(4)5/h6-9H,10-11H2,1-5H3,(H,18,20). The van der Waals surface area contributed by atoms with E-state index in [1.807, 2.05) is 20.8 Å². The molecule has 0 fully saturated rings. The molecule has 0 aliphatic carbocycles. The third-order valence-electron chi connectivity index (χ3n) is 2.81. The fraction of sp³-hybridized carbons (Fsp3) is 0.471. The van der Waals surface area contributed by atoms with Gasteiger partial charge >= 0.3 is 5.97 Å². The number of hydrogen-bond donors (Lipinski definition) is 1. The zero-order valence-corrected chi connectivity index (χ0v) is 15.5. The maximum absolute atomic E-state index is 12.2. The first-order valence-electron chi connectivity index (χ1n) is 7.50. The molecule has 1 N–H and O–H groups in total. The molecule has 1 rings (SSSR count). The quantitative estimate of drug-likeness (QED) is 0.625. The van der Waals surface area contributed by atoms with Crippen molar-refractivity contribution in [3.63, 3.8) is 0 Å². The van der Waals surface area contributed by atoms with Crippen molar-refractivity contribution in [3.05, 3.63) is 29.8 Å². The van der Waals surface area contributed by atoms with E-state index in [-0.39, 0.29) is 29.7 Å². The van der Waals surface area contributed by atoms with E-state index in [0.717, 1.165) is 0 Å². The fourth-order valence-corrected chi connectivity index (χ4v) is 2.71. The molecule has 0 saturated carbocycles. The number of carbonyl (C=O) groups is 3. The average Bonchev–Trinajstić information content (AvgIpc) is 2.48. The lowest BCUT2D eigenvalue weighted by Crippen LogP contribution is -2.42. The van der Waals surface area contributed by atoms with Crippen LogP contribution in [0.2, 0.25) is 0 Å². The summed E-state index contributed by atoms with van der Waals surface area (Å²) >= 11 is 1.26. The van der Waals surface area contributed by atoms with Crippen molar-refractivity contribution in [1.82, 2.24) is 10.2 Å². The molecule has 0 bridgehead atoms. The molecule has 0 aromatic heterocycles. The van der Waals surface area contributed by atoms with Gasteiger partial charge in [0.25, 0.3) is 5.91 Å². The smallest absolute Gasteiger partial charge is 0.339 e. The van der Waals surface area contributed by atoms with Crippen LogP contribution < -0.4 is 5.32 Å². The molecule has 2 amide bonds. The molecule has 0 saturated heterocycles. The van der Waals surface area contributed by atoms with Crippen LogP contribution in [-0.2, 0) is 14.3 Å². The van der Waals surface area contributed by atoms with Crippen molar-refractivity contribution >= 4 is 29.5 Å².